The zero-order chi connectivity index (χ0) is 46.0. The van der Waals surface area contributed by atoms with Crippen molar-refractivity contribution in [2.24, 2.45) is 0 Å². The normalized spacial score (nSPS) is 19.3. The second kappa shape index (κ2) is 15.5. The molecule has 5 rings (SSSR count). The van der Waals surface area contributed by atoms with Crippen LogP contribution in [-0.2, 0) is 36.1 Å². The lowest BCUT2D eigenvalue weighted by atomic mass is 9.99. The molecule has 48 heavy (non-hydrogen) atoms. The van der Waals surface area contributed by atoms with E-state index in [9.17, 15) is 31.3 Å². The molecule has 1 aliphatic carbocycles. The van der Waals surface area contributed by atoms with Gasteiger partial charge in [-0.15, -0.1) is 0 Å². The van der Waals surface area contributed by atoms with Crippen molar-refractivity contribution in [2.45, 2.75) is 69.7 Å². The van der Waals surface area contributed by atoms with Gasteiger partial charge in [-0.25, -0.2) is 4.39 Å². The van der Waals surface area contributed by atoms with Crippen molar-refractivity contribution < 1.29 is 40.2 Å². The number of alkyl halides is 3. The zero-order valence-corrected chi connectivity index (χ0v) is 27.0. The molecule has 1 atom stereocenters. The van der Waals surface area contributed by atoms with E-state index in [0.29, 0.717) is 29.3 Å². The molecule has 1 heterocycles. The molecule has 11 heteroatoms. The van der Waals surface area contributed by atoms with Crippen LogP contribution in [0.2, 0.25) is 0 Å². The Labute approximate surface area is 301 Å². The number of hydrogen-bond donors (Lipinski definition) is 0. The number of nitrogens with zero attached hydrogens (tertiary/aromatic N) is 4. The van der Waals surface area contributed by atoms with Crippen LogP contribution < -0.4 is 5.56 Å². The highest BCUT2D eigenvalue weighted by Gasteiger charge is 2.30. The van der Waals surface area contributed by atoms with Crippen molar-refractivity contribution in [3.63, 3.8) is 0 Å². The Hall–Kier alpha value is -3.96. The molecule has 3 aromatic carbocycles. The van der Waals surface area contributed by atoms with Crippen LogP contribution in [-0.4, -0.2) is 51.2 Å². The fourth-order valence-electron chi connectivity index (χ4n) is 5.14. The number of carbonyl (C=O) groups excluding carboxylic acids is 1. The van der Waals surface area contributed by atoms with Gasteiger partial charge in [0.05, 0.1) is 21.2 Å². The van der Waals surface area contributed by atoms with Gasteiger partial charge in [-0.05, 0) is 85.7 Å². The van der Waals surface area contributed by atoms with E-state index in [1.807, 2.05) is 0 Å². The first-order chi connectivity index (χ1) is 27.8. The lowest BCUT2D eigenvalue weighted by molar-refractivity contribution is -0.137. The Kier molecular flexibility index (Phi) is 7.07. The number of carbonyl (C=O) groups is 1. The first kappa shape index (κ1) is 21.9. The fraction of sp³-hybridized carbons (Fsp3) is 0.378. The number of amides is 1. The minimum absolute atomic E-state index is 0.0440. The summed E-state index contributed by atoms with van der Waals surface area (Å²) >= 11 is 0.683. The summed E-state index contributed by atoms with van der Waals surface area (Å²) < 4.78 is 167. The monoisotopic (exact) mass is 693 g/mol. The fourth-order valence-corrected chi connectivity index (χ4v) is 6.03. The minimum atomic E-state index is -4.59. The number of hydrogen-bond acceptors (Lipinski definition) is 5. The van der Waals surface area contributed by atoms with E-state index in [0.717, 1.165) is 32.9 Å². The summed E-state index contributed by atoms with van der Waals surface area (Å²) in [5.41, 5.74) is -0.854. The molecule has 0 spiro atoms. The topological polar surface area (TPSA) is 58.4 Å². The van der Waals surface area contributed by atoms with E-state index in [2.05, 4.69) is 4.98 Å². The predicted molar refractivity (Wildman–Crippen MR) is 181 cm³/mol. The molecule has 0 aliphatic heterocycles. The smallest absolute Gasteiger partial charge is 0.333 e. The third-order valence-corrected chi connectivity index (χ3v) is 8.64. The van der Waals surface area contributed by atoms with E-state index < -0.39 is 97.5 Å². The number of benzene rings is 3. The molecule has 0 saturated carbocycles. The number of aromatic nitrogens is 2. The van der Waals surface area contributed by atoms with Gasteiger partial charge in [0, 0.05) is 38.2 Å². The minimum Gasteiger partial charge on any atom is -0.333 e. The molecule has 254 valence electrons. The van der Waals surface area contributed by atoms with Gasteiger partial charge in [0.25, 0.3) is 5.56 Å². The van der Waals surface area contributed by atoms with Crippen molar-refractivity contribution in [1.82, 2.24) is 19.4 Å². The number of fused-ring (bicyclic) bond motifs is 1. The number of thioether (sulfide) groups is 1. The second-order valence-electron chi connectivity index (χ2n) is 10.6. The highest BCUT2D eigenvalue weighted by molar-refractivity contribution is 7.98. The molecule has 0 N–H and O–H groups in total. The van der Waals surface area contributed by atoms with Crippen LogP contribution in [0.25, 0.3) is 11.1 Å². The zero-order valence-electron chi connectivity index (χ0n) is 39.2. The van der Waals surface area contributed by atoms with Gasteiger partial charge in [0.15, 0.2) is 5.16 Å². The molecule has 4 aromatic rings. The number of likely N-dealkylation sites (N-methyl/N-ethyl adjacent to an activating group) is 1. The molecule has 0 fully saturated rings. The predicted octanol–water partition coefficient (Wildman–Crippen LogP) is 7.78. The molecule has 1 aliphatic rings. The van der Waals surface area contributed by atoms with Crippen molar-refractivity contribution in [1.29, 1.82) is 0 Å². The highest BCUT2D eigenvalue weighted by atomic mass is 32.2. The van der Waals surface area contributed by atoms with Crippen molar-refractivity contribution >= 4 is 17.7 Å². The van der Waals surface area contributed by atoms with Gasteiger partial charge in [0.2, 0.25) is 5.91 Å². The molecule has 6 nitrogen and oxygen atoms in total. The number of rotatable bonds is 13. The van der Waals surface area contributed by atoms with Gasteiger partial charge in [-0.3, -0.25) is 9.59 Å². The third kappa shape index (κ3) is 8.36. The summed E-state index contributed by atoms with van der Waals surface area (Å²) in [5, 5.41) is -0.229. The van der Waals surface area contributed by atoms with Crippen LogP contribution in [0.1, 0.15) is 79.0 Å². The van der Waals surface area contributed by atoms with E-state index in [1.54, 1.807) is 0 Å². The SMILES string of the molecule is [2H]c1c([2H])c(CSc2nc(=O)c3c(n2CC(=O)N(C([2H])(C)c2ccc(-c4ccc(C(F)(F)F)cc4)cc2)C([2H])([2H])C([2H])([2H])N(C([2H])([2H])C)C([2H])([2H])C)CCC3)c([2H])c([2H])c1F. The quantitative estimate of drug-likeness (QED) is 0.0814. The van der Waals surface area contributed by atoms with Gasteiger partial charge in [-0.2, -0.15) is 18.2 Å². The molecule has 1 aromatic heterocycles. The van der Waals surface area contributed by atoms with Crippen LogP contribution in [0.15, 0.2) is 82.7 Å². The highest BCUT2D eigenvalue weighted by Crippen LogP contribution is 2.32. The van der Waals surface area contributed by atoms with Gasteiger partial charge < -0.3 is 14.4 Å². The Morgan fingerprint density at radius 1 is 1.02 bits per heavy atom. The first-order valence-electron chi connectivity index (χ1n) is 21.3. The van der Waals surface area contributed by atoms with Crippen LogP contribution in [0.3, 0.4) is 0 Å². The average Bonchev–Trinajstić information content (AvgIpc) is 3.64. The standard InChI is InChI=1S/C37H40F4N4O2S/c1-4-43(5-2)21-22-44(25(3)27-11-13-28(14-12-27)29-15-17-30(18-16-29)37(39,40)41)34(46)23-45-33-8-6-7-32(33)35(47)42-36(45)48-24-26-9-19-31(38)20-10-26/h9-20,25H,4-8,21-24H2,1-3H3/i4D2,5D2,9D,10D,19D,20D,21D2,22D2,25D. The molecule has 0 radical (unpaired) electrons. The van der Waals surface area contributed by atoms with Crippen LogP contribution in [0.4, 0.5) is 17.6 Å². The van der Waals surface area contributed by atoms with E-state index >= 15 is 0 Å². The van der Waals surface area contributed by atoms with Crippen molar-refractivity contribution in [2.75, 3.05) is 26.0 Å². The summed E-state index contributed by atoms with van der Waals surface area (Å²) in [4.78, 5) is 32.4. The second-order valence-corrected chi connectivity index (χ2v) is 11.6. The average molecular weight is 694 g/mol. The molecular weight excluding hydrogens is 640 g/mol. The number of halogens is 4. The molecule has 1 amide bonds. The largest absolute Gasteiger partial charge is 0.416 e. The molecular formula is C37H40F4N4O2S. The third-order valence-electron chi connectivity index (χ3n) is 7.64. The molecule has 0 bridgehead atoms. The lowest BCUT2D eigenvalue weighted by Crippen LogP contribution is -2.42. The maximum atomic E-state index is 14.9. The van der Waals surface area contributed by atoms with Crippen LogP contribution in [0, 0.1) is 5.82 Å². The Balaban J connectivity index is 1.65. The van der Waals surface area contributed by atoms with Gasteiger partial charge in [-0.1, -0.05) is 74.1 Å². The van der Waals surface area contributed by atoms with E-state index in [1.165, 1.54) is 41.0 Å². The van der Waals surface area contributed by atoms with Gasteiger partial charge in [0.1, 0.15) is 12.4 Å². The Bertz CT molecular complexity index is 2340. The summed E-state index contributed by atoms with van der Waals surface area (Å²) in [6, 6.07) is 3.54. The van der Waals surface area contributed by atoms with Crippen LogP contribution >= 0.6 is 11.8 Å². The summed E-state index contributed by atoms with van der Waals surface area (Å²) in [7, 11) is 0. The molecule has 0 saturated heterocycles. The first-order valence-corrected chi connectivity index (χ1v) is 15.8. The maximum Gasteiger partial charge on any atom is 0.416 e. The lowest BCUT2D eigenvalue weighted by Gasteiger charge is -2.33. The summed E-state index contributed by atoms with van der Waals surface area (Å²) in [5.74, 6) is -3.14. The summed E-state index contributed by atoms with van der Waals surface area (Å²) in [6.45, 7) is -11.7. The maximum absolute atomic E-state index is 14.9. The Morgan fingerprint density at radius 3 is 2.25 bits per heavy atom. The van der Waals surface area contributed by atoms with Crippen molar-refractivity contribution in [3.05, 3.63) is 117 Å². The Morgan fingerprint density at radius 2 is 1.65 bits per heavy atom. The van der Waals surface area contributed by atoms with Gasteiger partial charge >= 0.3 is 6.18 Å². The van der Waals surface area contributed by atoms with E-state index in [4.69, 9.17) is 13.7 Å². The summed E-state index contributed by atoms with van der Waals surface area (Å²) in [6.07, 6.45) is -3.74. The van der Waals surface area contributed by atoms with Crippen LogP contribution in [0.5, 0.6) is 0 Å². The molecule has 1 unspecified atom stereocenters. The van der Waals surface area contributed by atoms with Crippen molar-refractivity contribution in [3.8, 4) is 11.1 Å². The van der Waals surface area contributed by atoms with E-state index in [-0.39, 0.29) is 50.2 Å².